The predicted molar refractivity (Wildman–Crippen MR) is 355 cm³/mol. The highest BCUT2D eigenvalue weighted by molar-refractivity contribution is 6.46. The van der Waals surface area contributed by atoms with Gasteiger partial charge in [0, 0.05) is 0 Å². The van der Waals surface area contributed by atoms with E-state index >= 15 is 0 Å². The van der Waals surface area contributed by atoms with Crippen molar-refractivity contribution in [2.75, 3.05) is 0 Å². The van der Waals surface area contributed by atoms with Crippen molar-refractivity contribution in [2.24, 2.45) is 0 Å². The summed E-state index contributed by atoms with van der Waals surface area (Å²) in [6, 6.07) is 63.4. The third-order valence-electron chi connectivity index (χ3n) is 18.4. The molecule has 13 rings (SSSR count). The lowest BCUT2D eigenvalue weighted by molar-refractivity contribution is 0.568. The summed E-state index contributed by atoms with van der Waals surface area (Å²) >= 11 is 0. The average molecular weight is 1040 g/mol. The topological polar surface area (TPSA) is 0 Å². The van der Waals surface area contributed by atoms with Gasteiger partial charge in [-0.25, -0.2) is 0 Å². The minimum atomic E-state index is -0.0870. The maximum Gasteiger partial charge on any atom is -0.000697 e. The smallest absolute Gasteiger partial charge is 0.000697 e. The van der Waals surface area contributed by atoms with E-state index in [4.69, 9.17) is 0 Å². The number of hydrogen-bond donors (Lipinski definition) is 0. The van der Waals surface area contributed by atoms with Crippen molar-refractivity contribution in [3.8, 4) is 33.4 Å². The predicted octanol–water partition coefficient (Wildman–Crippen LogP) is 23.7. The van der Waals surface area contributed by atoms with Crippen LogP contribution >= 0.6 is 0 Å². The second-order valence-electron chi connectivity index (χ2n) is 30.3. The highest BCUT2D eigenvalue weighted by Gasteiger charge is 2.31. The first-order valence-electron chi connectivity index (χ1n) is 29.6. The molecule has 0 fully saturated rings. The van der Waals surface area contributed by atoms with Crippen LogP contribution in [0.3, 0.4) is 0 Å². The maximum atomic E-state index is 2.62. The van der Waals surface area contributed by atoms with Crippen LogP contribution in [0, 0.1) is 0 Å². The Kier molecular flexibility index (Phi) is 11.2. The quantitative estimate of drug-likeness (QED) is 0.155. The monoisotopic (exact) mass is 1040 g/mol. The molecule has 0 aromatic heterocycles. The molecule has 0 amide bonds. The molecule has 80 heavy (non-hydrogen) atoms. The van der Waals surface area contributed by atoms with E-state index in [2.05, 4.69) is 282 Å². The Hall–Kier alpha value is -7.28. The van der Waals surface area contributed by atoms with Crippen LogP contribution in [-0.2, 0) is 32.5 Å². The van der Waals surface area contributed by atoms with Gasteiger partial charge in [0.25, 0.3) is 0 Å². The summed E-state index contributed by atoms with van der Waals surface area (Å²) in [6.07, 6.45) is 0. The maximum absolute atomic E-state index is 2.62. The standard InChI is InChI=1S/C80H80/c1-75(2,3)50-31-29-46-34-55(80(16,17)18)43-64(63(46)42-50)45-30-32-56-47(33-45)39-66-71-59(56)25-21-28-62(71)73-68(48-35-51(76(4,5)6)40-52(36-48)77(7,8)9)67-44-65-58-24-20-19-23-57(58)60-26-22-27-61(70(60)65)72(67)69(74(66)73)49-37-53(78(10,11)12)41-54(38-49)79(13,14)15/h19-44H,1-18H3. The summed E-state index contributed by atoms with van der Waals surface area (Å²) in [6.45, 7) is 42.6. The fraction of sp³-hybridized carbons (Fsp3) is 0.300. The van der Waals surface area contributed by atoms with E-state index in [1.807, 2.05) is 0 Å². The molecule has 0 radical (unpaired) electrons. The first-order valence-corrected chi connectivity index (χ1v) is 29.6. The minimum Gasteiger partial charge on any atom is -0.0616 e. The van der Waals surface area contributed by atoms with Gasteiger partial charge < -0.3 is 0 Å². The van der Waals surface area contributed by atoms with Gasteiger partial charge in [0.15, 0.2) is 0 Å². The Morgan fingerprint density at radius 3 is 1.20 bits per heavy atom. The van der Waals surface area contributed by atoms with Gasteiger partial charge >= 0.3 is 0 Å². The van der Waals surface area contributed by atoms with Crippen LogP contribution in [0.2, 0.25) is 0 Å². The van der Waals surface area contributed by atoms with Gasteiger partial charge in [0.2, 0.25) is 0 Å². The average Bonchev–Trinajstić information content (AvgIpc) is 4.09. The number of fused-ring (bicyclic) bond motifs is 11. The van der Waals surface area contributed by atoms with E-state index in [1.54, 1.807) is 0 Å². The van der Waals surface area contributed by atoms with E-state index < -0.39 is 0 Å². The molecular weight excluding hydrogens is 961 g/mol. The van der Waals surface area contributed by atoms with Gasteiger partial charge in [-0.05, 0) is 220 Å². The number of benzene rings is 11. The molecule has 0 unspecified atom stereocenters. The Morgan fingerprint density at radius 1 is 0.200 bits per heavy atom. The molecule has 13 aromatic rings. The Morgan fingerprint density at radius 2 is 0.650 bits per heavy atom. The zero-order chi connectivity index (χ0) is 56.7. The molecule has 400 valence electrons. The molecule has 0 aliphatic heterocycles. The summed E-state index contributed by atoms with van der Waals surface area (Å²) in [5.74, 6) is 0. The normalized spacial score (nSPS) is 13.6. The van der Waals surface area contributed by atoms with Crippen LogP contribution in [0.25, 0.3) is 130 Å². The van der Waals surface area contributed by atoms with Crippen molar-refractivity contribution in [2.45, 2.75) is 157 Å². The largest absolute Gasteiger partial charge is 0.0616 e. The lowest BCUT2D eigenvalue weighted by Crippen LogP contribution is -2.16. The Balaban J connectivity index is 1.29. The van der Waals surface area contributed by atoms with E-state index in [0.717, 1.165) is 0 Å². The van der Waals surface area contributed by atoms with Crippen LogP contribution in [0.15, 0.2) is 158 Å². The molecule has 13 aromatic carbocycles. The number of hydrogen-bond acceptors (Lipinski definition) is 0. The van der Waals surface area contributed by atoms with Crippen molar-refractivity contribution < 1.29 is 0 Å². The van der Waals surface area contributed by atoms with Crippen molar-refractivity contribution in [1.29, 1.82) is 0 Å². The van der Waals surface area contributed by atoms with Gasteiger partial charge in [-0.3, -0.25) is 0 Å². The lowest BCUT2D eigenvalue weighted by atomic mass is 9.76. The highest BCUT2D eigenvalue weighted by Crippen LogP contribution is 2.57. The summed E-state index contributed by atoms with van der Waals surface area (Å²) < 4.78 is 0. The van der Waals surface area contributed by atoms with Crippen LogP contribution in [0.5, 0.6) is 0 Å². The molecule has 0 saturated heterocycles. The van der Waals surface area contributed by atoms with Gasteiger partial charge in [-0.1, -0.05) is 258 Å². The molecular formula is C80H80. The fourth-order valence-electron chi connectivity index (χ4n) is 13.5. The molecule has 0 nitrogen and oxygen atoms in total. The molecule has 0 aliphatic carbocycles. The van der Waals surface area contributed by atoms with E-state index in [-0.39, 0.29) is 32.5 Å². The SMILES string of the molecule is CC(C)(C)c1cc(-c2c3cc4c5ccccc5c5cccc(c3c(-c3cc(C(C)(C)C)cc(C(C)(C)C)c3)c3c6cc7cc(-c8cc(C(C)(C)C)cc9ccc(C(C)(C)C)cc89)ccc7c7cccc(c23)c76)c54)cc(C(C)(C)C)c1. The molecule has 0 bridgehead atoms. The van der Waals surface area contributed by atoms with Crippen molar-refractivity contribution >= 4 is 97.0 Å². The van der Waals surface area contributed by atoms with Crippen molar-refractivity contribution in [1.82, 2.24) is 0 Å². The molecule has 0 heteroatoms. The first-order chi connectivity index (χ1) is 37.4. The molecule has 0 N–H and O–H groups in total. The summed E-state index contributed by atoms with van der Waals surface area (Å²) in [7, 11) is 0. The van der Waals surface area contributed by atoms with Crippen LogP contribution < -0.4 is 0 Å². The minimum absolute atomic E-state index is 0.0189. The Bertz CT molecular complexity index is 4650. The van der Waals surface area contributed by atoms with Crippen molar-refractivity contribution in [3.63, 3.8) is 0 Å². The zero-order valence-electron chi connectivity index (χ0n) is 51.0. The van der Waals surface area contributed by atoms with Gasteiger partial charge in [0.1, 0.15) is 0 Å². The molecule has 0 atom stereocenters. The van der Waals surface area contributed by atoms with Gasteiger partial charge in [-0.15, -0.1) is 0 Å². The fourth-order valence-corrected chi connectivity index (χ4v) is 13.5. The van der Waals surface area contributed by atoms with Crippen LogP contribution in [0.4, 0.5) is 0 Å². The van der Waals surface area contributed by atoms with Gasteiger partial charge in [0.05, 0.1) is 0 Å². The molecule has 0 spiro atoms. The molecule has 0 heterocycles. The first kappa shape index (κ1) is 52.1. The summed E-state index contributed by atoms with van der Waals surface area (Å²) in [5, 5.41) is 23.8. The van der Waals surface area contributed by atoms with E-state index in [9.17, 15) is 0 Å². The third-order valence-corrected chi connectivity index (χ3v) is 18.4. The molecule has 0 saturated carbocycles. The summed E-state index contributed by atoms with van der Waals surface area (Å²) in [5.41, 5.74) is 15.6. The van der Waals surface area contributed by atoms with Crippen LogP contribution in [-0.4, -0.2) is 0 Å². The second kappa shape index (κ2) is 17.1. The van der Waals surface area contributed by atoms with Gasteiger partial charge in [-0.2, -0.15) is 0 Å². The molecule has 0 aliphatic rings. The number of rotatable bonds is 3. The van der Waals surface area contributed by atoms with E-state index in [0.29, 0.717) is 0 Å². The van der Waals surface area contributed by atoms with E-state index in [1.165, 1.54) is 164 Å². The summed E-state index contributed by atoms with van der Waals surface area (Å²) in [4.78, 5) is 0. The zero-order valence-corrected chi connectivity index (χ0v) is 51.0. The second-order valence-corrected chi connectivity index (χ2v) is 30.3. The Labute approximate surface area is 475 Å². The lowest BCUT2D eigenvalue weighted by Gasteiger charge is -2.28. The highest BCUT2D eigenvalue weighted by atomic mass is 14.3. The van der Waals surface area contributed by atoms with Crippen molar-refractivity contribution in [3.05, 3.63) is 191 Å². The van der Waals surface area contributed by atoms with Crippen LogP contribution in [0.1, 0.15) is 158 Å². The third kappa shape index (κ3) is 8.12.